The molecule has 0 unspecified atom stereocenters. The van der Waals surface area contributed by atoms with Gasteiger partial charge in [-0.2, -0.15) is 5.10 Å². The number of hydrogen-bond acceptors (Lipinski definition) is 4. The van der Waals surface area contributed by atoms with Crippen molar-refractivity contribution in [3.63, 3.8) is 0 Å². The maximum absolute atomic E-state index is 5.41. The van der Waals surface area contributed by atoms with Crippen LogP contribution in [0, 0.1) is 13.8 Å². The minimum atomic E-state index is 0.533. The van der Waals surface area contributed by atoms with Gasteiger partial charge in [0, 0.05) is 30.5 Å². The van der Waals surface area contributed by atoms with Gasteiger partial charge in [0.15, 0.2) is 11.8 Å². The molecule has 2 N–H and O–H groups in total. The monoisotopic (exact) mass is 392 g/mol. The minimum absolute atomic E-state index is 0.533. The normalized spacial score (nSPS) is 11.4. The number of ether oxygens (including phenoxy) is 1. The molecule has 0 fully saturated rings. The first-order valence-corrected chi connectivity index (χ1v) is 9.73. The third-order valence-electron chi connectivity index (χ3n) is 4.44. The van der Waals surface area contributed by atoms with Gasteiger partial charge in [0.1, 0.15) is 5.75 Å². The number of guanidine groups is 1. The van der Waals surface area contributed by atoms with Gasteiger partial charge in [-0.3, -0.25) is 0 Å². The van der Waals surface area contributed by atoms with Gasteiger partial charge < -0.3 is 15.4 Å². The molecule has 1 aromatic carbocycles. The maximum Gasteiger partial charge on any atom is 0.191 e. The van der Waals surface area contributed by atoms with Crippen molar-refractivity contribution in [3.05, 3.63) is 71.2 Å². The Morgan fingerprint density at radius 1 is 1.14 bits per heavy atom. The SMILES string of the molecule is CCNC(=NCc1ccc(-n2nc(C)cc2C)nc1)NCc1ccccc1OC. The zero-order chi connectivity index (χ0) is 20.6. The van der Waals surface area contributed by atoms with E-state index in [-0.39, 0.29) is 0 Å². The molecular formula is C22H28N6O. The summed E-state index contributed by atoms with van der Waals surface area (Å²) < 4.78 is 7.26. The Hall–Kier alpha value is -3.35. The molecule has 3 aromatic rings. The van der Waals surface area contributed by atoms with Crippen LogP contribution >= 0.6 is 0 Å². The topological polar surface area (TPSA) is 76.4 Å². The Balaban J connectivity index is 1.66. The predicted octanol–water partition coefficient (Wildman–Crippen LogP) is 3.15. The van der Waals surface area contributed by atoms with Crippen molar-refractivity contribution in [2.75, 3.05) is 13.7 Å². The molecule has 0 spiro atoms. The molecule has 7 heteroatoms. The van der Waals surface area contributed by atoms with Gasteiger partial charge in [0.25, 0.3) is 0 Å². The zero-order valence-corrected chi connectivity index (χ0v) is 17.4. The summed E-state index contributed by atoms with van der Waals surface area (Å²) in [5.41, 5.74) is 4.16. The van der Waals surface area contributed by atoms with Crippen LogP contribution < -0.4 is 15.4 Å². The quantitative estimate of drug-likeness (QED) is 0.477. The Labute approximate surface area is 171 Å². The molecule has 29 heavy (non-hydrogen) atoms. The van der Waals surface area contributed by atoms with Crippen molar-refractivity contribution >= 4 is 5.96 Å². The lowest BCUT2D eigenvalue weighted by Gasteiger charge is -2.13. The van der Waals surface area contributed by atoms with E-state index >= 15 is 0 Å². The van der Waals surface area contributed by atoms with Crippen molar-refractivity contribution in [2.24, 2.45) is 4.99 Å². The van der Waals surface area contributed by atoms with Gasteiger partial charge in [-0.1, -0.05) is 24.3 Å². The van der Waals surface area contributed by atoms with E-state index in [1.54, 1.807) is 7.11 Å². The highest BCUT2D eigenvalue weighted by atomic mass is 16.5. The summed E-state index contributed by atoms with van der Waals surface area (Å²) in [6.45, 7) is 8.00. The molecule has 0 aliphatic carbocycles. The molecule has 0 atom stereocenters. The number of aliphatic imine (C=N–C) groups is 1. The molecule has 2 heterocycles. The Morgan fingerprint density at radius 2 is 1.97 bits per heavy atom. The molecule has 0 radical (unpaired) electrons. The number of aryl methyl sites for hydroxylation is 2. The number of para-hydroxylation sites is 1. The van der Waals surface area contributed by atoms with E-state index in [2.05, 4.69) is 25.7 Å². The highest BCUT2D eigenvalue weighted by Gasteiger charge is 2.06. The van der Waals surface area contributed by atoms with Gasteiger partial charge >= 0.3 is 0 Å². The van der Waals surface area contributed by atoms with Crippen molar-refractivity contribution in [3.8, 4) is 11.6 Å². The molecule has 2 aromatic heterocycles. The third-order valence-corrected chi connectivity index (χ3v) is 4.44. The molecular weight excluding hydrogens is 364 g/mol. The van der Waals surface area contributed by atoms with Crippen LogP contribution in [0.3, 0.4) is 0 Å². The summed E-state index contributed by atoms with van der Waals surface area (Å²) in [5.74, 6) is 2.42. The maximum atomic E-state index is 5.41. The fourth-order valence-electron chi connectivity index (χ4n) is 3.04. The first-order chi connectivity index (χ1) is 14.1. The highest BCUT2D eigenvalue weighted by Crippen LogP contribution is 2.16. The molecule has 7 nitrogen and oxygen atoms in total. The average molecular weight is 393 g/mol. The number of nitrogens with one attached hydrogen (secondary N) is 2. The van der Waals surface area contributed by atoms with Crippen LogP contribution in [0.4, 0.5) is 0 Å². The number of rotatable bonds is 7. The number of nitrogens with zero attached hydrogens (tertiary/aromatic N) is 4. The molecule has 0 saturated carbocycles. The van der Waals surface area contributed by atoms with Crippen LogP contribution in [-0.4, -0.2) is 34.4 Å². The lowest BCUT2D eigenvalue weighted by molar-refractivity contribution is 0.409. The number of benzene rings is 1. The predicted molar refractivity (Wildman–Crippen MR) is 115 cm³/mol. The lowest BCUT2D eigenvalue weighted by atomic mass is 10.2. The van der Waals surface area contributed by atoms with Crippen LogP contribution in [0.2, 0.25) is 0 Å². The first kappa shape index (κ1) is 20.4. The zero-order valence-electron chi connectivity index (χ0n) is 17.4. The van der Waals surface area contributed by atoms with Crippen molar-refractivity contribution in [1.29, 1.82) is 0 Å². The summed E-state index contributed by atoms with van der Waals surface area (Å²) in [5, 5.41) is 11.1. The Bertz CT molecular complexity index is 962. The molecule has 3 rings (SSSR count). The fourth-order valence-corrected chi connectivity index (χ4v) is 3.04. The summed E-state index contributed by atoms with van der Waals surface area (Å²) in [7, 11) is 1.68. The smallest absolute Gasteiger partial charge is 0.191 e. The summed E-state index contributed by atoms with van der Waals surface area (Å²) >= 11 is 0. The van der Waals surface area contributed by atoms with Gasteiger partial charge in [0.2, 0.25) is 0 Å². The highest BCUT2D eigenvalue weighted by molar-refractivity contribution is 5.79. The van der Waals surface area contributed by atoms with Gasteiger partial charge in [-0.15, -0.1) is 0 Å². The van der Waals surface area contributed by atoms with E-state index in [1.165, 1.54) is 0 Å². The molecule has 0 amide bonds. The molecule has 0 aliphatic rings. The largest absolute Gasteiger partial charge is 0.496 e. The van der Waals surface area contributed by atoms with E-state index in [4.69, 9.17) is 4.74 Å². The first-order valence-electron chi connectivity index (χ1n) is 9.73. The third kappa shape index (κ3) is 5.34. The van der Waals surface area contributed by atoms with E-state index in [1.807, 2.05) is 74.1 Å². The van der Waals surface area contributed by atoms with E-state index in [9.17, 15) is 0 Å². The van der Waals surface area contributed by atoms with Crippen LogP contribution in [-0.2, 0) is 13.1 Å². The van der Waals surface area contributed by atoms with Crippen molar-refractivity contribution < 1.29 is 4.74 Å². The molecule has 0 aliphatic heterocycles. The fraction of sp³-hybridized carbons (Fsp3) is 0.318. The van der Waals surface area contributed by atoms with Crippen molar-refractivity contribution in [2.45, 2.75) is 33.9 Å². The van der Waals surface area contributed by atoms with Crippen LogP contribution in [0.5, 0.6) is 5.75 Å². The lowest BCUT2D eigenvalue weighted by Crippen LogP contribution is -2.36. The number of hydrogen-bond donors (Lipinski definition) is 2. The second-order valence-corrected chi connectivity index (χ2v) is 6.72. The molecule has 0 bridgehead atoms. The van der Waals surface area contributed by atoms with E-state index < -0.39 is 0 Å². The summed E-state index contributed by atoms with van der Waals surface area (Å²) in [6.07, 6.45) is 1.85. The average Bonchev–Trinajstić information content (AvgIpc) is 3.08. The summed E-state index contributed by atoms with van der Waals surface area (Å²) in [6, 6.07) is 14.0. The second-order valence-electron chi connectivity index (χ2n) is 6.72. The van der Waals surface area contributed by atoms with Gasteiger partial charge in [-0.25, -0.2) is 14.7 Å². The number of pyridine rings is 1. The molecule has 152 valence electrons. The minimum Gasteiger partial charge on any atom is -0.496 e. The standard InChI is InChI=1S/C22H28N6O/c1-5-23-22(26-15-19-8-6-7-9-20(19)29-4)25-14-18-10-11-21(24-13-18)28-17(3)12-16(2)27-28/h6-13H,5,14-15H2,1-4H3,(H2,23,25,26). The molecule has 0 saturated heterocycles. The van der Waals surface area contributed by atoms with Crippen LogP contribution in [0.25, 0.3) is 5.82 Å². The van der Waals surface area contributed by atoms with Gasteiger partial charge in [0.05, 0.1) is 19.3 Å². The van der Waals surface area contributed by atoms with Crippen molar-refractivity contribution in [1.82, 2.24) is 25.4 Å². The Morgan fingerprint density at radius 3 is 2.62 bits per heavy atom. The summed E-state index contributed by atoms with van der Waals surface area (Å²) in [4.78, 5) is 9.21. The Kier molecular flexibility index (Phi) is 6.84. The number of methoxy groups -OCH3 is 1. The van der Waals surface area contributed by atoms with E-state index in [0.29, 0.717) is 13.1 Å². The van der Waals surface area contributed by atoms with Gasteiger partial charge in [-0.05, 0) is 44.5 Å². The van der Waals surface area contributed by atoms with E-state index in [0.717, 1.165) is 46.6 Å². The van der Waals surface area contributed by atoms with Crippen LogP contribution in [0.15, 0.2) is 53.7 Å². The van der Waals surface area contributed by atoms with Crippen LogP contribution in [0.1, 0.15) is 29.4 Å². The second kappa shape index (κ2) is 9.73. The number of aromatic nitrogens is 3.